The molecule has 7 nitrogen and oxygen atoms in total. The van der Waals surface area contributed by atoms with E-state index in [0.717, 1.165) is 37.7 Å². The van der Waals surface area contributed by atoms with Crippen LogP contribution in [0.2, 0.25) is 0 Å². The first-order chi connectivity index (χ1) is 14.0. The van der Waals surface area contributed by atoms with Crippen LogP contribution in [0.15, 0.2) is 29.3 Å². The molecule has 9 heteroatoms. The fourth-order valence-corrected chi connectivity index (χ4v) is 3.57. The Balaban J connectivity index is 0.00000450. The number of ether oxygens (including phenoxy) is 1. The van der Waals surface area contributed by atoms with Gasteiger partial charge >= 0.3 is 0 Å². The molecule has 1 amide bonds. The van der Waals surface area contributed by atoms with Crippen molar-refractivity contribution in [3.63, 3.8) is 0 Å². The Bertz CT molecular complexity index is 651. The van der Waals surface area contributed by atoms with Crippen LogP contribution in [0.4, 0.5) is 0 Å². The number of nitrogens with one attached hydrogen (secondary N) is 2. The van der Waals surface area contributed by atoms with Gasteiger partial charge in [-0.25, -0.2) is 4.99 Å². The van der Waals surface area contributed by atoms with E-state index in [1.54, 1.807) is 37.9 Å². The number of nitrogens with zero attached hydrogens (tertiary/aromatic N) is 3. The first-order valence-corrected chi connectivity index (χ1v) is 11.5. The highest BCUT2D eigenvalue weighted by Gasteiger charge is 2.23. The molecule has 0 saturated carbocycles. The van der Waals surface area contributed by atoms with Gasteiger partial charge in [-0.15, -0.1) is 24.0 Å². The average Bonchev–Trinajstić information content (AvgIpc) is 3.26. The van der Waals surface area contributed by atoms with E-state index in [4.69, 9.17) is 4.74 Å². The Hall–Kier alpha value is -1.20. The Morgan fingerprint density at radius 1 is 1.23 bits per heavy atom. The van der Waals surface area contributed by atoms with Crippen LogP contribution in [0.3, 0.4) is 0 Å². The summed E-state index contributed by atoms with van der Waals surface area (Å²) < 4.78 is 5.30. The predicted octanol–water partition coefficient (Wildman–Crippen LogP) is 2.44. The van der Waals surface area contributed by atoms with E-state index >= 15 is 0 Å². The molecule has 1 fully saturated rings. The third-order valence-corrected chi connectivity index (χ3v) is 5.63. The van der Waals surface area contributed by atoms with E-state index in [1.807, 2.05) is 12.1 Å². The largest absolute Gasteiger partial charge is 0.497 e. The summed E-state index contributed by atoms with van der Waals surface area (Å²) in [4.78, 5) is 20.5. The van der Waals surface area contributed by atoms with Gasteiger partial charge in [0.15, 0.2) is 5.96 Å². The van der Waals surface area contributed by atoms with Crippen molar-refractivity contribution in [1.82, 2.24) is 20.4 Å². The number of amides is 1. The number of methoxy groups -OCH3 is 1. The molecule has 1 aliphatic heterocycles. The summed E-state index contributed by atoms with van der Waals surface area (Å²) in [5, 5.41) is 6.80. The van der Waals surface area contributed by atoms with Gasteiger partial charge < -0.3 is 20.3 Å². The van der Waals surface area contributed by atoms with E-state index < -0.39 is 0 Å². The van der Waals surface area contributed by atoms with Gasteiger partial charge in [0.2, 0.25) is 5.91 Å². The maximum Gasteiger partial charge on any atom is 0.243 e. The highest BCUT2D eigenvalue weighted by molar-refractivity contribution is 14.0. The monoisotopic (exact) mass is 549 g/mol. The first kappa shape index (κ1) is 26.8. The van der Waals surface area contributed by atoms with Gasteiger partial charge in [0.05, 0.1) is 13.2 Å². The Labute approximate surface area is 202 Å². The molecule has 0 aliphatic carbocycles. The second-order valence-electron chi connectivity index (χ2n) is 7.29. The number of guanidine groups is 1. The van der Waals surface area contributed by atoms with Crippen LogP contribution in [0.5, 0.6) is 5.75 Å². The van der Waals surface area contributed by atoms with Crippen molar-refractivity contribution in [3.8, 4) is 5.75 Å². The standard InChI is InChI=1S/C21H35N5O2S.HI/c1-25(2)20(27)16-24-21(22-11-14-29-4)23-15-19(26-12-5-6-13-26)17-7-9-18(28-3)10-8-17;/h7-10,19H,5-6,11-16H2,1-4H3,(H2,22,23,24);1H. The smallest absolute Gasteiger partial charge is 0.243 e. The summed E-state index contributed by atoms with van der Waals surface area (Å²) in [5.74, 6) is 2.52. The SMILES string of the molecule is COc1ccc(C(CNC(=NCC(=O)N(C)C)NCCSC)N2CCCC2)cc1.I. The number of rotatable bonds is 10. The number of halogens is 1. The number of aliphatic imine (C=N–C) groups is 1. The summed E-state index contributed by atoms with van der Waals surface area (Å²) in [6.45, 7) is 3.87. The molecular formula is C21H36IN5O2S. The van der Waals surface area contributed by atoms with Crippen LogP contribution in [-0.2, 0) is 4.79 Å². The van der Waals surface area contributed by atoms with Gasteiger partial charge in [0.1, 0.15) is 12.3 Å². The Kier molecular flexibility index (Phi) is 13.2. The molecule has 0 bridgehead atoms. The number of carbonyl (C=O) groups is 1. The van der Waals surface area contributed by atoms with Crippen LogP contribution in [0.25, 0.3) is 0 Å². The quantitative estimate of drug-likeness (QED) is 0.202. The molecule has 2 N–H and O–H groups in total. The van der Waals surface area contributed by atoms with E-state index in [-0.39, 0.29) is 42.5 Å². The second-order valence-corrected chi connectivity index (χ2v) is 8.27. The first-order valence-electron chi connectivity index (χ1n) is 10.1. The number of hydrogen-bond acceptors (Lipinski definition) is 5. The fourth-order valence-electron chi connectivity index (χ4n) is 3.26. The van der Waals surface area contributed by atoms with Crippen molar-refractivity contribution in [1.29, 1.82) is 0 Å². The number of carbonyl (C=O) groups excluding carboxylic acids is 1. The number of benzene rings is 1. The number of likely N-dealkylation sites (N-methyl/N-ethyl adjacent to an activating group) is 1. The highest BCUT2D eigenvalue weighted by atomic mass is 127. The minimum absolute atomic E-state index is 0. The lowest BCUT2D eigenvalue weighted by Gasteiger charge is -2.29. The lowest BCUT2D eigenvalue weighted by Crippen LogP contribution is -2.44. The Morgan fingerprint density at radius 2 is 1.90 bits per heavy atom. The average molecular weight is 550 g/mol. The van der Waals surface area contributed by atoms with Crippen LogP contribution >= 0.6 is 35.7 Å². The summed E-state index contributed by atoms with van der Waals surface area (Å²) >= 11 is 1.78. The minimum atomic E-state index is -0.0118. The van der Waals surface area contributed by atoms with Crippen molar-refractivity contribution in [2.45, 2.75) is 18.9 Å². The molecule has 30 heavy (non-hydrogen) atoms. The molecule has 1 aromatic rings. The lowest BCUT2D eigenvalue weighted by atomic mass is 10.1. The zero-order valence-electron chi connectivity index (χ0n) is 18.5. The summed E-state index contributed by atoms with van der Waals surface area (Å²) in [6.07, 6.45) is 4.54. The maximum absolute atomic E-state index is 11.9. The molecule has 1 heterocycles. The van der Waals surface area contributed by atoms with Gasteiger partial charge in [-0.2, -0.15) is 11.8 Å². The molecule has 1 aromatic carbocycles. The molecule has 1 saturated heterocycles. The fraction of sp³-hybridized carbons (Fsp3) is 0.619. The summed E-state index contributed by atoms with van der Waals surface area (Å²) in [6, 6.07) is 8.55. The van der Waals surface area contributed by atoms with E-state index in [0.29, 0.717) is 5.96 Å². The molecule has 2 rings (SSSR count). The van der Waals surface area contributed by atoms with Crippen LogP contribution in [0, 0.1) is 0 Å². The van der Waals surface area contributed by atoms with Crippen molar-refractivity contribution in [2.75, 3.05) is 65.9 Å². The third-order valence-electron chi connectivity index (χ3n) is 5.01. The topological polar surface area (TPSA) is 69.2 Å². The molecule has 1 aliphatic rings. The zero-order valence-corrected chi connectivity index (χ0v) is 21.7. The number of likely N-dealkylation sites (tertiary alicyclic amines) is 1. The summed E-state index contributed by atoms with van der Waals surface area (Å²) in [5.41, 5.74) is 1.26. The van der Waals surface area contributed by atoms with Crippen molar-refractivity contribution >= 4 is 47.6 Å². The highest BCUT2D eigenvalue weighted by Crippen LogP contribution is 2.26. The van der Waals surface area contributed by atoms with Gasteiger partial charge in [0.25, 0.3) is 0 Å². The van der Waals surface area contributed by atoms with Crippen molar-refractivity contribution in [2.24, 2.45) is 4.99 Å². The van der Waals surface area contributed by atoms with Crippen molar-refractivity contribution < 1.29 is 9.53 Å². The molecule has 170 valence electrons. The van der Waals surface area contributed by atoms with Crippen LogP contribution in [-0.4, -0.2) is 87.6 Å². The lowest BCUT2D eigenvalue weighted by molar-refractivity contribution is -0.127. The van der Waals surface area contributed by atoms with Crippen LogP contribution < -0.4 is 15.4 Å². The molecule has 0 aromatic heterocycles. The second kappa shape index (κ2) is 14.7. The van der Waals surface area contributed by atoms with E-state index in [1.165, 1.54) is 18.4 Å². The molecular weight excluding hydrogens is 513 g/mol. The van der Waals surface area contributed by atoms with Gasteiger partial charge in [-0.1, -0.05) is 12.1 Å². The van der Waals surface area contributed by atoms with Gasteiger partial charge in [0, 0.05) is 32.9 Å². The van der Waals surface area contributed by atoms with E-state index in [2.05, 4.69) is 38.9 Å². The van der Waals surface area contributed by atoms with Gasteiger partial charge in [-0.3, -0.25) is 9.69 Å². The minimum Gasteiger partial charge on any atom is -0.497 e. The van der Waals surface area contributed by atoms with Gasteiger partial charge in [-0.05, 0) is 49.9 Å². The number of hydrogen-bond donors (Lipinski definition) is 2. The molecule has 0 radical (unpaired) electrons. The van der Waals surface area contributed by atoms with Crippen LogP contribution in [0.1, 0.15) is 24.4 Å². The maximum atomic E-state index is 11.9. The zero-order chi connectivity index (χ0) is 21.1. The summed E-state index contributed by atoms with van der Waals surface area (Å²) in [7, 11) is 5.19. The normalized spacial score (nSPS) is 15.3. The Morgan fingerprint density at radius 3 is 2.47 bits per heavy atom. The predicted molar refractivity (Wildman–Crippen MR) is 137 cm³/mol. The third kappa shape index (κ3) is 8.89. The van der Waals surface area contributed by atoms with E-state index in [9.17, 15) is 4.79 Å². The number of thioether (sulfide) groups is 1. The van der Waals surface area contributed by atoms with Crippen molar-refractivity contribution in [3.05, 3.63) is 29.8 Å². The molecule has 1 unspecified atom stereocenters. The molecule has 0 spiro atoms. The molecule has 1 atom stereocenters.